The monoisotopic (exact) mass is 619 g/mol. The minimum absolute atomic E-state index is 0.0248. The van der Waals surface area contributed by atoms with E-state index in [1.54, 1.807) is 12.1 Å². The van der Waals surface area contributed by atoms with Crippen LogP contribution in [-0.4, -0.2) is 49.4 Å². The summed E-state index contributed by atoms with van der Waals surface area (Å²) in [6, 6.07) is 11.0. The summed E-state index contributed by atoms with van der Waals surface area (Å²) < 4.78 is 30.2. The van der Waals surface area contributed by atoms with Crippen molar-refractivity contribution in [2.75, 3.05) is 24.1 Å². The van der Waals surface area contributed by atoms with Gasteiger partial charge in [-0.05, 0) is 53.0 Å². The number of ketones is 1. The molecule has 2 N–H and O–H groups in total. The standard InChI is InChI=1S/C30H42BrN3O4S/c1-9-10-20-17-34(28(32-31)26(20)19-11-13-22(14-12-19)33-39(8,37)38)18-25(35)21-15-23(29(2,3)4)27(36)24(16-21)30(5,6)7/h11-16,20,26,33,36H,9-10,17-18H2,1-8H3/b32-28-/t20-,26+/m0/s1. The molecule has 0 spiro atoms. The fourth-order valence-electron chi connectivity index (χ4n) is 5.37. The zero-order chi connectivity index (χ0) is 29.3. The molecule has 0 bridgehead atoms. The Bertz CT molecular complexity index is 1300. The Morgan fingerprint density at radius 3 is 2.05 bits per heavy atom. The number of phenolic OH excluding ortho intramolecular Hbond substituents is 1. The van der Waals surface area contributed by atoms with Crippen LogP contribution in [0.5, 0.6) is 5.75 Å². The van der Waals surface area contributed by atoms with E-state index in [0.717, 1.165) is 41.6 Å². The van der Waals surface area contributed by atoms with E-state index in [-0.39, 0.29) is 40.7 Å². The number of phenols is 1. The van der Waals surface area contributed by atoms with Crippen molar-refractivity contribution in [3.05, 3.63) is 58.7 Å². The predicted molar refractivity (Wildman–Crippen MR) is 164 cm³/mol. The van der Waals surface area contributed by atoms with Gasteiger partial charge in [0.1, 0.15) is 11.6 Å². The van der Waals surface area contributed by atoms with Gasteiger partial charge in [-0.3, -0.25) is 9.52 Å². The number of likely N-dealkylation sites (tertiary alicyclic amines) is 1. The van der Waals surface area contributed by atoms with Crippen molar-refractivity contribution in [2.45, 2.75) is 78.1 Å². The molecule has 1 heterocycles. The number of halogens is 1. The van der Waals surface area contributed by atoms with Crippen LogP contribution in [0, 0.1) is 5.92 Å². The van der Waals surface area contributed by atoms with Gasteiger partial charge in [-0.25, -0.2) is 8.42 Å². The SMILES string of the molecule is CCC[C@H]1CN(CC(=O)c2cc(C(C)(C)C)c(O)c(C(C)(C)C)c2)/C(=N\Br)[C@@H]1c1ccc(NS(C)(=O)=O)cc1. The van der Waals surface area contributed by atoms with Crippen molar-refractivity contribution in [3.8, 4) is 5.75 Å². The Kier molecular flexibility index (Phi) is 9.27. The Morgan fingerprint density at radius 2 is 1.62 bits per heavy atom. The third-order valence-corrected chi connectivity index (χ3v) is 8.20. The molecule has 0 saturated carbocycles. The minimum atomic E-state index is -3.36. The number of nitrogens with zero attached hydrogens (tertiary/aromatic N) is 2. The highest BCUT2D eigenvalue weighted by Gasteiger charge is 2.40. The highest BCUT2D eigenvalue weighted by molar-refractivity contribution is 9.08. The van der Waals surface area contributed by atoms with Gasteiger partial charge >= 0.3 is 0 Å². The van der Waals surface area contributed by atoms with Gasteiger partial charge < -0.3 is 10.0 Å². The highest BCUT2D eigenvalue weighted by Crippen LogP contribution is 2.41. The van der Waals surface area contributed by atoms with Crippen molar-refractivity contribution in [2.24, 2.45) is 9.94 Å². The maximum atomic E-state index is 13.8. The number of anilines is 1. The van der Waals surface area contributed by atoms with Gasteiger partial charge in [0.2, 0.25) is 10.0 Å². The molecule has 2 aromatic rings. The van der Waals surface area contributed by atoms with Crippen LogP contribution in [0.1, 0.15) is 94.3 Å². The van der Waals surface area contributed by atoms with Crippen LogP contribution < -0.4 is 4.72 Å². The van der Waals surface area contributed by atoms with Crippen molar-refractivity contribution < 1.29 is 18.3 Å². The summed E-state index contributed by atoms with van der Waals surface area (Å²) in [6.45, 7) is 15.2. The van der Waals surface area contributed by atoms with E-state index in [2.05, 4.69) is 31.8 Å². The minimum Gasteiger partial charge on any atom is -0.507 e. The van der Waals surface area contributed by atoms with Crippen molar-refractivity contribution in [1.29, 1.82) is 0 Å². The van der Waals surface area contributed by atoms with Crippen LogP contribution in [0.4, 0.5) is 5.69 Å². The number of nitrogens with one attached hydrogen (secondary N) is 1. The van der Waals surface area contributed by atoms with Gasteiger partial charge in [-0.15, -0.1) is 0 Å². The van der Waals surface area contributed by atoms with Crippen molar-refractivity contribution in [1.82, 2.24) is 4.90 Å². The lowest BCUT2D eigenvalue weighted by atomic mass is 9.78. The van der Waals surface area contributed by atoms with Crippen molar-refractivity contribution >= 4 is 43.5 Å². The first-order valence-corrected chi connectivity index (χ1v) is 16.0. The van der Waals surface area contributed by atoms with Gasteiger partial charge in [0, 0.05) is 34.8 Å². The van der Waals surface area contributed by atoms with Crippen LogP contribution in [0.15, 0.2) is 40.4 Å². The van der Waals surface area contributed by atoms with Crippen LogP contribution in [0.25, 0.3) is 0 Å². The number of hydrogen-bond acceptors (Lipinski definition) is 5. The molecule has 3 rings (SSSR count). The number of aromatic hydroxyl groups is 1. The predicted octanol–water partition coefficient (Wildman–Crippen LogP) is 6.77. The van der Waals surface area contributed by atoms with E-state index < -0.39 is 10.0 Å². The summed E-state index contributed by atoms with van der Waals surface area (Å²) in [4.78, 5) is 15.8. The van der Waals surface area contributed by atoms with E-state index in [1.807, 2.05) is 70.7 Å². The summed E-state index contributed by atoms with van der Waals surface area (Å²) in [5.41, 5.74) is 2.99. The third-order valence-electron chi connectivity index (χ3n) is 7.23. The molecule has 2 aromatic carbocycles. The molecule has 2 atom stereocenters. The van der Waals surface area contributed by atoms with Gasteiger partial charge in [0.05, 0.1) is 28.9 Å². The van der Waals surface area contributed by atoms with E-state index in [1.165, 1.54) is 0 Å². The van der Waals surface area contributed by atoms with Gasteiger partial charge in [0.25, 0.3) is 0 Å². The summed E-state index contributed by atoms with van der Waals surface area (Å²) in [7, 11) is -3.36. The van der Waals surface area contributed by atoms with E-state index in [4.69, 9.17) is 0 Å². The van der Waals surface area contributed by atoms with Crippen LogP contribution >= 0.6 is 16.1 Å². The molecule has 1 saturated heterocycles. The Morgan fingerprint density at radius 1 is 1.08 bits per heavy atom. The van der Waals surface area contributed by atoms with Gasteiger partial charge in [0.15, 0.2) is 5.78 Å². The van der Waals surface area contributed by atoms with Crippen LogP contribution in [0.3, 0.4) is 0 Å². The number of rotatable bonds is 8. The summed E-state index contributed by atoms with van der Waals surface area (Å²) in [5.74, 6) is 1.24. The Balaban J connectivity index is 1.95. The molecular formula is C30H42BrN3O4S. The second-order valence-corrected chi connectivity index (χ2v) is 14.8. The average Bonchev–Trinajstić information content (AvgIpc) is 3.13. The molecule has 1 aliphatic heterocycles. The van der Waals surface area contributed by atoms with E-state index >= 15 is 0 Å². The maximum Gasteiger partial charge on any atom is 0.229 e. The van der Waals surface area contributed by atoms with Crippen molar-refractivity contribution in [3.63, 3.8) is 0 Å². The smallest absolute Gasteiger partial charge is 0.229 e. The molecule has 0 unspecified atom stereocenters. The number of Topliss-reactive ketones (excluding diaryl/α,β-unsaturated/α-hetero) is 1. The lowest BCUT2D eigenvalue weighted by Crippen LogP contribution is -2.32. The zero-order valence-corrected chi connectivity index (χ0v) is 26.7. The van der Waals surface area contributed by atoms with Gasteiger partial charge in [-0.2, -0.15) is 4.02 Å². The topological polar surface area (TPSA) is 99.1 Å². The number of carbonyl (C=O) groups excluding carboxylic acids is 1. The first-order valence-electron chi connectivity index (χ1n) is 13.4. The lowest BCUT2D eigenvalue weighted by Gasteiger charge is -2.28. The zero-order valence-electron chi connectivity index (χ0n) is 24.3. The molecule has 9 heteroatoms. The summed E-state index contributed by atoms with van der Waals surface area (Å²) in [5, 5.41) is 11.1. The average molecular weight is 621 g/mol. The second-order valence-electron chi connectivity index (χ2n) is 12.7. The molecule has 0 aromatic heterocycles. The molecule has 7 nitrogen and oxygen atoms in total. The first-order chi connectivity index (χ1) is 18.0. The number of amidine groups is 1. The number of carbonyl (C=O) groups is 1. The summed E-state index contributed by atoms with van der Waals surface area (Å²) in [6.07, 6.45) is 3.09. The van der Waals surface area contributed by atoms with E-state index in [9.17, 15) is 18.3 Å². The molecule has 1 fully saturated rings. The molecule has 1 aliphatic rings. The first kappa shape index (κ1) is 31.1. The fraction of sp³-hybridized carbons (Fsp3) is 0.533. The van der Waals surface area contributed by atoms with Crippen LogP contribution in [-0.2, 0) is 20.9 Å². The normalized spacial score (nSPS) is 19.5. The number of sulfonamides is 1. The number of hydrogen-bond donors (Lipinski definition) is 2. The van der Waals surface area contributed by atoms with Crippen LogP contribution in [0.2, 0.25) is 0 Å². The Labute approximate surface area is 242 Å². The highest BCUT2D eigenvalue weighted by atomic mass is 79.9. The van der Waals surface area contributed by atoms with E-state index in [0.29, 0.717) is 17.8 Å². The second kappa shape index (κ2) is 11.6. The molecule has 214 valence electrons. The van der Waals surface area contributed by atoms with Gasteiger partial charge in [-0.1, -0.05) is 67.0 Å². The molecule has 0 aliphatic carbocycles. The maximum absolute atomic E-state index is 13.8. The summed E-state index contributed by atoms with van der Waals surface area (Å²) >= 11 is 3.33. The molecule has 39 heavy (non-hydrogen) atoms. The molecular weight excluding hydrogens is 578 g/mol. The molecule has 0 radical (unpaired) electrons. The quantitative estimate of drug-likeness (QED) is 0.318. The Hall–Kier alpha value is -2.39. The molecule has 0 amide bonds. The third kappa shape index (κ3) is 7.42. The lowest BCUT2D eigenvalue weighted by molar-refractivity contribution is 0.0963. The fourth-order valence-corrected chi connectivity index (χ4v) is 6.38. The number of benzene rings is 2. The largest absolute Gasteiger partial charge is 0.507 e.